The van der Waals surface area contributed by atoms with E-state index in [1.807, 2.05) is 18.2 Å². The van der Waals surface area contributed by atoms with E-state index in [0.717, 1.165) is 74.2 Å². The van der Waals surface area contributed by atoms with Crippen molar-refractivity contribution in [2.24, 2.45) is 0 Å². The molecule has 0 atom stereocenters. The molecule has 0 N–H and O–H groups in total. The van der Waals surface area contributed by atoms with E-state index in [9.17, 15) is 0 Å². The lowest BCUT2D eigenvalue weighted by Crippen LogP contribution is -2.46. The van der Waals surface area contributed by atoms with Crippen LogP contribution < -0.4 is 9.80 Å². The Kier molecular flexibility index (Phi) is 4.37. The molecule has 27 heavy (non-hydrogen) atoms. The molecular formula is C20H24N6O. The normalized spacial score (nSPS) is 18.5. The van der Waals surface area contributed by atoms with E-state index >= 15 is 0 Å². The number of fused-ring (bicyclic) bond motifs is 1. The molecule has 0 aliphatic carbocycles. The predicted molar refractivity (Wildman–Crippen MR) is 105 cm³/mol. The van der Waals surface area contributed by atoms with Crippen molar-refractivity contribution in [3.8, 4) is 0 Å². The zero-order valence-electron chi connectivity index (χ0n) is 15.4. The Labute approximate surface area is 158 Å². The van der Waals surface area contributed by atoms with E-state index in [0.29, 0.717) is 0 Å². The molecule has 0 amide bonds. The van der Waals surface area contributed by atoms with Crippen molar-refractivity contribution >= 4 is 22.7 Å². The van der Waals surface area contributed by atoms with E-state index in [1.165, 1.54) is 12.8 Å². The molecule has 5 rings (SSSR count). The Morgan fingerprint density at radius 3 is 2.00 bits per heavy atom. The lowest BCUT2D eigenvalue weighted by atomic mass is 10.2. The lowest BCUT2D eigenvalue weighted by Gasteiger charge is -2.36. The monoisotopic (exact) mass is 364 g/mol. The number of para-hydroxylation sites is 2. The van der Waals surface area contributed by atoms with Gasteiger partial charge < -0.3 is 14.3 Å². The molecule has 2 saturated heterocycles. The summed E-state index contributed by atoms with van der Waals surface area (Å²) in [6.45, 7) is 6.87. The topological polar surface area (TPSA) is 61.5 Å². The molecule has 1 aromatic carbocycles. The number of anilines is 2. The molecule has 2 fully saturated rings. The van der Waals surface area contributed by atoms with Crippen LogP contribution in [-0.2, 0) is 6.54 Å². The summed E-state index contributed by atoms with van der Waals surface area (Å²) < 4.78 is 4.95. The Bertz CT molecular complexity index is 898. The van der Waals surface area contributed by atoms with Gasteiger partial charge in [-0.1, -0.05) is 17.3 Å². The summed E-state index contributed by atoms with van der Waals surface area (Å²) in [6, 6.07) is 10.1. The Morgan fingerprint density at radius 1 is 0.778 bits per heavy atom. The van der Waals surface area contributed by atoms with Gasteiger partial charge in [0, 0.05) is 51.9 Å². The van der Waals surface area contributed by atoms with Gasteiger partial charge in [0.1, 0.15) is 6.26 Å². The Balaban J connectivity index is 1.39. The fraction of sp³-hybridized carbons (Fsp3) is 0.450. The third kappa shape index (κ3) is 3.35. The van der Waals surface area contributed by atoms with Gasteiger partial charge in [0.15, 0.2) is 11.6 Å². The highest BCUT2D eigenvalue weighted by atomic mass is 16.5. The molecule has 0 spiro atoms. The first-order valence-corrected chi connectivity index (χ1v) is 9.75. The van der Waals surface area contributed by atoms with Gasteiger partial charge in [0.05, 0.1) is 16.7 Å². The molecular weight excluding hydrogens is 340 g/mol. The summed E-state index contributed by atoms with van der Waals surface area (Å²) in [5, 5.41) is 4.03. The van der Waals surface area contributed by atoms with E-state index in [1.54, 1.807) is 6.26 Å². The van der Waals surface area contributed by atoms with Crippen molar-refractivity contribution in [3.63, 3.8) is 0 Å². The number of piperazine rings is 1. The smallest absolute Gasteiger partial charge is 0.172 e. The molecule has 0 bridgehead atoms. The number of nitrogens with zero attached hydrogens (tertiary/aromatic N) is 6. The van der Waals surface area contributed by atoms with E-state index < -0.39 is 0 Å². The van der Waals surface area contributed by atoms with Crippen molar-refractivity contribution in [3.05, 3.63) is 42.3 Å². The number of benzene rings is 1. The van der Waals surface area contributed by atoms with Gasteiger partial charge in [-0.2, -0.15) is 0 Å². The van der Waals surface area contributed by atoms with Crippen LogP contribution in [0.2, 0.25) is 0 Å². The summed E-state index contributed by atoms with van der Waals surface area (Å²) in [6.07, 6.45) is 4.11. The molecule has 0 unspecified atom stereocenters. The number of aromatic nitrogens is 3. The maximum atomic E-state index is 5.02. The van der Waals surface area contributed by atoms with Crippen LogP contribution in [0, 0.1) is 0 Å². The fourth-order valence-electron chi connectivity index (χ4n) is 4.00. The molecule has 4 heterocycles. The van der Waals surface area contributed by atoms with Crippen LogP contribution in [0.3, 0.4) is 0 Å². The van der Waals surface area contributed by atoms with Crippen molar-refractivity contribution in [1.82, 2.24) is 20.0 Å². The summed E-state index contributed by atoms with van der Waals surface area (Å²) >= 11 is 0. The standard InChI is InChI=1S/C20H24N6O/c1-2-6-18-17(5-1)21-19(25-8-3-4-9-25)20(22-18)26-12-10-24(11-13-26)15-16-7-14-27-23-16/h1-2,5-7,14H,3-4,8-13,15H2. The van der Waals surface area contributed by atoms with Gasteiger partial charge in [-0.25, -0.2) is 9.97 Å². The minimum Gasteiger partial charge on any atom is -0.364 e. The SMILES string of the molecule is c1ccc2nc(N3CCN(Cc4ccon4)CC3)c(N3CCCC3)nc2c1. The molecule has 2 aliphatic rings. The zero-order chi connectivity index (χ0) is 18.1. The molecule has 0 saturated carbocycles. The minimum absolute atomic E-state index is 0.840. The molecule has 2 aliphatic heterocycles. The quantitative estimate of drug-likeness (QED) is 0.705. The summed E-state index contributed by atoms with van der Waals surface area (Å²) in [7, 11) is 0. The van der Waals surface area contributed by atoms with Gasteiger partial charge in [-0.05, 0) is 25.0 Å². The number of rotatable bonds is 4. The Morgan fingerprint density at radius 2 is 1.41 bits per heavy atom. The van der Waals surface area contributed by atoms with Crippen LogP contribution in [-0.4, -0.2) is 59.3 Å². The van der Waals surface area contributed by atoms with Crippen molar-refractivity contribution < 1.29 is 4.52 Å². The van der Waals surface area contributed by atoms with Crippen LogP contribution >= 0.6 is 0 Å². The Hall–Kier alpha value is -2.67. The molecule has 0 radical (unpaired) electrons. The van der Waals surface area contributed by atoms with Gasteiger partial charge in [0.25, 0.3) is 0 Å². The molecule has 2 aromatic heterocycles. The zero-order valence-corrected chi connectivity index (χ0v) is 15.4. The van der Waals surface area contributed by atoms with E-state index in [4.69, 9.17) is 14.5 Å². The van der Waals surface area contributed by atoms with Crippen LogP contribution in [0.5, 0.6) is 0 Å². The number of hydrogen-bond donors (Lipinski definition) is 0. The molecule has 140 valence electrons. The highest BCUT2D eigenvalue weighted by Crippen LogP contribution is 2.31. The molecule has 7 heteroatoms. The second-order valence-corrected chi connectivity index (χ2v) is 7.31. The fourth-order valence-corrected chi connectivity index (χ4v) is 4.00. The largest absolute Gasteiger partial charge is 0.364 e. The maximum Gasteiger partial charge on any atom is 0.172 e. The summed E-state index contributed by atoms with van der Waals surface area (Å²) in [5.74, 6) is 2.09. The van der Waals surface area contributed by atoms with Crippen molar-refractivity contribution in [2.75, 3.05) is 49.1 Å². The lowest BCUT2D eigenvalue weighted by molar-refractivity contribution is 0.241. The molecule has 7 nitrogen and oxygen atoms in total. The van der Waals surface area contributed by atoms with Crippen molar-refractivity contribution in [1.29, 1.82) is 0 Å². The second-order valence-electron chi connectivity index (χ2n) is 7.31. The average Bonchev–Trinajstić information content (AvgIpc) is 3.42. The predicted octanol–water partition coefficient (Wildman–Crippen LogP) is 2.54. The highest BCUT2D eigenvalue weighted by molar-refractivity contribution is 5.81. The average molecular weight is 364 g/mol. The van der Waals surface area contributed by atoms with Crippen LogP contribution in [0.1, 0.15) is 18.5 Å². The first-order valence-electron chi connectivity index (χ1n) is 9.75. The van der Waals surface area contributed by atoms with E-state index in [-0.39, 0.29) is 0 Å². The third-order valence-electron chi connectivity index (χ3n) is 5.49. The summed E-state index contributed by atoms with van der Waals surface area (Å²) in [5.41, 5.74) is 2.94. The van der Waals surface area contributed by atoms with Crippen LogP contribution in [0.25, 0.3) is 11.0 Å². The van der Waals surface area contributed by atoms with Crippen LogP contribution in [0.4, 0.5) is 11.6 Å². The molecule has 3 aromatic rings. The minimum atomic E-state index is 0.840. The third-order valence-corrected chi connectivity index (χ3v) is 5.49. The first kappa shape index (κ1) is 16.5. The van der Waals surface area contributed by atoms with Gasteiger partial charge in [-0.3, -0.25) is 4.90 Å². The van der Waals surface area contributed by atoms with Crippen molar-refractivity contribution in [2.45, 2.75) is 19.4 Å². The summed E-state index contributed by atoms with van der Waals surface area (Å²) in [4.78, 5) is 17.2. The van der Waals surface area contributed by atoms with E-state index in [2.05, 4.69) is 32.0 Å². The van der Waals surface area contributed by atoms with Gasteiger partial charge in [0.2, 0.25) is 0 Å². The van der Waals surface area contributed by atoms with Gasteiger partial charge in [-0.15, -0.1) is 0 Å². The maximum absolute atomic E-state index is 5.02. The second kappa shape index (κ2) is 7.15. The number of hydrogen-bond acceptors (Lipinski definition) is 7. The van der Waals surface area contributed by atoms with Gasteiger partial charge >= 0.3 is 0 Å². The van der Waals surface area contributed by atoms with Crippen LogP contribution in [0.15, 0.2) is 41.1 Å². The highest BCUT2D eigenvalue weighted by Gasteiger charge is 2.26. The first-order chi connectivity index (χ1) is 13.4.